The van der Waals surface area contributed by atoms with Crippen molar-refractivity contribution in [2.24, 2.45) is 0 Å². The predicted molar refractivity (Wildman–Crippen MR) is 117 cm³/mol. The van der Waals surface area contributed by atoms with Crippen molar-refractivity contribution in [2.45, 2.75) is 20.3 Å². The molecule has 0 bridgehead atoms. The first-order valence-corrected chi connectivity index (χ1v) is 9.31. The number of anilines is 5. The van der Waals surface area contributed by atoms with Crippen LogP contribution >= 0.6 is 0 Å². The molecular formula is C21H20N6O4. The van der Waals surface area contributed by atoms with Gasteiger partial charge in [0.1, 0.15) is 12.1 Å². The van der Waals surface area contributed by atoms with E-state index in [1.165, 1.54) is 20.2 Å². The van der Waals surface area contributed by atoms with E-state index >= 15 is 0 Å². The maximum absolute atomic E-state index is 11.7. The molecule has 158 valence electrons. The largest absolute Gasteiger partial charge is 0.353 e. The molecule has 1 amide bonds. The number of aromatic nitrogens is 2. The molecule has 0 unspecified atom stereocenters. The Morgan fingerprint density at radius 2 is 1.35 bits per heavy atom. The lowest BCUT2D eigenvalue weighted by Crippen LogP contribution is -2.06. The number of amides is 1. The van der Waals surface area contributed by atoms with E-state index in [2.05, 4.69) is 25.9 Å². The molecular weight excluding hydrogens is 400 g/mol. The van der Waals surface area contributed by atoms with Gasteiger partial charge < -0.3 is 16.0 Å². The van der Waals surface area contributed by atoms with Crippen LogP contribution in [0.3, 0.4) is 0 Å². The van der Waals surface area contributed by atoms with Gasteiger partial charge in [-0.1, -0.05) is 12.1 Å². The summed E-state index contributed by atoms with van der Waals surface area (Å²) in [5.74, 6) is -0.107. The quantitative estimate of drug-likeness (QED) is 0.367. The number of nitro groups is 1. The molecule has 3 aromatic rings. The highest BCUT2D eigenvalue weighted by molar-refractivity contribution is 5.89. The maximum Gasteiger partial charge on any atom is 0.353 e. The van der Waals surface area contributed by atoms with E-state index in [4.69, 9.17) is 0 Å². The van der Waals surface area contributed by atoms with Crippen LogP contribution in [-0.4, -0.2) is 26.6 Å². The Morgan fingerprint density at radius 3 is 1.81 bits per heavy atom. The lowest BCUT2D eigenvalue weighted by atomic mass is 10.1. The van der Waals surface area contributed by atoms with Gasteiger partial charge in [0.25, 0.3) is 0 Å². The van der Waals surface area contributed by atoms with Gasteiger partial charge in [0.2, 0.25) is 17.5 Å². The van der Waals surface area contributed by atoms with Crippen LogP contribution in [0.15, 0.2) is 54.9 Å². The van der Waals surface area contributed by atoms with Crippen LogP contribution in [0.4, 0.5) is 34.4 Å². The number of Topliss-reactive ketones (excluding diaryl/α,β-unsaturated/α-hetero) is 1. The summed E-state index contributed by atoms with van der Waals surface area (Å²) in [5, 5.41) is 20.2. The minimum atomic E-state index is -0.569. The van der Waals surface area contributed by atoms with Crippen LogP contribution in [0.2, 0.25) is 0 Å². The van der Waals surface area contributed by atoms with E-state index in [1.54, 1.807) is 48.5 Å². The van der Waals surface area contributed by atoms with Gasteiger partial charge in [-0.25, -0.2) is 9.97 Å². The van der Waals surface area contributed by atoms with Crippen molar-refractivity contribution in [1.29, 1.82) is 0 Å². The number of hydrogen-bond acceptors (Lipinski definition) is 8. The van der Waals surface area contributed by atoms with Crippen LogP contribution in [0.1, 0.15) is 19.4 Å². The van der Waals surface area contributed by atoms with Gasteiger partial charge in [-0.2, -0.15) is 0 Å². The first-order valence-electron chi connectivity index (χ1n) is 9.31. The molecule has 3 N–H and O–H groups in total. The van der Waals surface area contributed by atoms with Crippen LogP contribution in [-0.2, 0) is 16.0 Å². The fourth-order valence-corrected chi connectivity index (χ4v) is 2.84. The van der Waals surface area contributed by atoms with Crippen molar-refractivity contribution < 1.29 is 14.5 Å². The Bertz CT molecular complexity index is 1030. The molecule has 0 saturated carbocycles. The molecule has 31 heavy (non-hydrogen) atoms. The van der Waals surface area contributed by atoms with E-state index in [0.29, 0.717) is 23.5 Å². The molecule has 10 heteroatoms. The van der Waals surface area contributed by atoms with Gasteiger partial charge in [-0.05, 0) is 48.9 Å². The van der Waals surface area contributed by atoms with Gasteiger partial charge in [0.15, 0.2) is 0 Å². The summed E-state index contributed by atoms with van der Waals surface area (Å²) in [5.41, 5.74) is 2.27. The highest BCUT2D eigenvalue weighted by Gasteiger charge is 2.23. The third-order valence-corrected chi connectivity index (χ3v) is 4.14. The average Bonchev–Trinajstić information content (AvgIpc) is 2.70. The average molecular weight is 420 g/mol. The molecule has 0 aliphatic heterocycles. The van der Waals surface area contributed by atoms with Gasteiger partial charge in [-0.15, -0.1) is 0 Å². The van der Waals surface area contributed by atoms with Crippen LogP contribution < -0.4 is 16.0 Å². The molecule has 0 fully saturated rings. The summed E-state index contributed by atoms with van der Waals surface area (Å²) in [6.45, 7) is 2.92. The molecule has 10 nitrogen and oxygen atoms in total. The number of ketones is 1. The third kappa shape index (κ3) is 5.82. The number of benzene rings is 2. The Morgan fingerprint density at radius 1 is 0.871 bits per heavy atom. The molecule has 1 heterocycles. The minimum absolute atomic E-state index is 0.0166. The Labute approximate surface area is 177 Å². The van der Waals surface area contributed by atoms with Crippen molar-refractivity contribution in [3.05, 3.63) is 70.5 Å². The second-order valence-corrected chi connectivity index (χ2v) is 6.76. The summed E-state index contributed by atoms with van der Waals surface area (Å²) in [6, 6.07) is 13.6. The molecule has 0 saturated heterocycles. The van der Waals surface area contributed by atoms with Crippen molar-refractivity contribution in [1.82, 2.24) is 9.97 Å². The maximum atomic E-state index is 11.7. The number of rotatable bonds is 8. The smallest absolute Gasteiger partial charge is 0.334 e. The van der Waals surface area contributed by atoms with Gasteiger partial charge in [0.05, 0.1) is 4.92 Å². The first-order chi connectivity index (χ1) is 14.8. The molecule has 0 atom stereocenters. The third-order valence-electron chi connectivity index (χ3n) is 4.14. The number of carbonyl (C=O) groups is 2. The first kappa shape index (κ1) is 21.4. The van der Waals surface area contributed by atoms with E-state index in [0.717, 1.165) is 5.56 Å². The molecule has 3 rings (SSSR count). The highest BCUT2D eigenvalue weighted by Crippen LogP contribution is 2.33. The van der Waals surface area contributed by atoms with E-state index in [9.17, 15) is 19.7 Å². The monoisotopic (exact) mass is 420 g/mol. The molecule has 0 spiro atoms. The highest BCUT2D eigenvalue weighted by atomic mass is 16.6. The zero-order valence-electron chi connectivity index (χ0n) is 16.9. The normalized spacial score (nSPS) is 10.3. The molecule has 0 radical (unpaired) electrons. The summed E-state index contributed by atoms with van der Waals surface area (Å²) in [4.78, 5) is 41.5. The fraction of sp³-hybridized carbons (Fsp3) is 0.143. The second kappa shape index (κ2) is 9.44. The van der Waals surface area contributed by atoms with Gasteiger partial charge in [0, 0.05) is 30.4 Å². The Balaban J connectivity index is 1.83. The summed E-state index contributed by atoms with van der Waals surface area (Å²) < 4.78 is 0. The molecule has 0 aliphatic carbocycles. The van der Waals surface area contributed by atoms with Crippen molar-refractivity contribution in [2.75, 3.05) is 16.0 Å². The van der Waals surface area contributed by atoms with E-state index in [-0.39, 0.29) is 29.0 Å². The topological polar surface area (TPSA) is 139 Å². The zero-order valence-corrected chi connectivity index (χ0v) is 16.9. The van der Waals surface area contributed by atoms with Crippen molar-refractivity contribution >= 4 is 46.1 Å². The number of carbonyl (C=O) groups excluding carboxylic acids is 2. The summed E-state index contributed by atoms with van der Waals surface area (Å²) in [6.07, 6.45) is 1.54. The van der Waals surface area contributed by atoms with Gasteiger partial charge in [-0.3, -0.25) is 19.7 Å². The number of hydrogen-bond donors (Lipinski definition) is 3. The van der Waals surface area contributed by atoms with E-state index < -0.39 is 4.92 Å². The second-order valence-electron chi connectivity index (χ2n) is 6.76. The lowest BCUT2D eigenvalue weighted by Gasteiger charge is -2.11. The molecule has 2 aromatic carbocycles. The molecule has 0 aliphatic rings. The Kier molecular flexibility index (Phi) is 6.51. The number of nitrogens with one attached hydrogen (secondary N) is 3. The predicted octanol–water partition coefficient (Wildman–Crippen LogP) is 3.96. The van der Waals surface area contributed by atoms with Crippen molar-refractivity contribution in [3.63, 3.8) is 0 Å². The van der Waals surface area contributed by atoms with Crippen LogP contribution in [0, 0.1) is 10.1 Å². The summed E-state index contributed by atoms with van der Waals surface area (Å²) >= 11 is 0. The summed E-state index contributed by atoms with van der Waals surface area (Å²) in [7, 11) is 0. The SMILES string of the molecule is CC(=O)Cc1ccc(Nc2ncnc(Nc3ccc(NC(C)=O)cc3)c2[N+](=O)[O-])cc1. The van der Waals surface area contributed by atoms with E-state index in [1.807, 2.05) is 0 Å². The fourth-order valence-electron chi connectivity index (χ4n) is 2.84. The zero-order chi connectivity index (χ0) is 22.4. The number of nitrogens with zero attached hydrogens (tertiary/aromatic N) is 3. The Hall–Kier alpha value is -4.34. The lowest BCUT2D eigenvalue weighted by molar-refractivity contribution is -0.383. The van der Waals surface area contributed by atoms with Gasteiger partial charge >= 0.3 is 5.69 Å². The van der Waals surface area contributed by atoms with Crippen LogP contribution in [0.5, 0.6) is 0 Å². The van der Waals surface area contributed by atoms with Crippen LogP contribution in [0.25, 0.3) is 0 Å². The van der Waals surface area contributed by atoms with Crippen molar-refractivity contribution in [3.8, 4) is 0 Å². The standard InChI is InChI=1S/C21H20N6O4/c1-13(28)11-15-3-5-17(6-4-15)25-20-19(27(30)31)21(23-12-22-20)26-18-9-7-16(8-10-18)24-14(2)29/h3-10,12H,11H2,1-2H3,(H,24,29)(H2,22,23,25,26). The molecule has 1 aromatic heterocycles. The minimum Gasteiger partial charge on any atom is -0.334 e.